The monoisotopic (exact) mass is 975 g/mol. The van der Waals surface area contributed by atoms with E-state index in [0.29, 0.717) is 0 Å². The summed E-state index contributed by atoms with van der Waals surface area (Å²) < 4.78 is 294. The van der Waals surface area contributed by atoms with Gasteiger partial charge >= 0.3 is 0 Å². The summed E-state index contributed by atoms with van der Waals surface area (Å²) in [6, 6.07) is 0. The van der Waals surface area contributed by atoms with Gasteiger partial charge in [-0.25, -0.2) is 87.8 Å². The topological polar surface area (TPSA) is 4.44 Å². The summed E-state index contributed by atoms with van der Waals surface area (Å²) >= 11 is 0. The van der Waals surface area contributed by atoms with Crippen LogP contribution in [0, 0.1) is 134 Å². The van der Waals surface area contributed by atoms with Gasteiger partial charge in [0.1, 0.15) is 52.7 Å². The first-order valence-corrected chi connectivity index (χ1v) is 20.8. The highest BCUT2D eigenvalue weighted by atomic mass is 19.2. The Balaban J connectivity index is 0.000000380. The molecule has 0 heterocycles. The number of unbranched alkanes of at least 4 members (excludes halogenated alkanes) is 3. The Kier molecular flexibility index (Phi) is 18.1. The third kappa shape index (κ3) is 10.3. The molecule has 0 saturated heterocycles. The summed E-state index contributed by atoms with van der Waals surface area (Å²) in [6.07, 6.45) is 7.76. The van der Waals surface area contributed by atoms with Crippen molar-refractivity contribution in [2.45, 2.75) is 91.9 Å². The predicted octanol–water partition coefficient (Wildman–Crippen LogP) is 10.6. The Bertz CT molecular complexity index is 2010. The number of hydrogen-bond acceptors (Lipinski definition) is 0. The van der Waals surface area contributed by atoms with Crippen molar-refractivity contribution in [3.8, 4) is 0 Å². The van der Waals surface area contributed by atoms with E-state index in [1.165, 1.54) is 83.8 Å². The Morgan fingerprint density at radius 1 is 0.348 bits per heavy atom. The molecule has 0 unspecified atom stereocenters. The fourth-order valence-electron chi connectivity index (χ4n) is 8.95. The number of hydrogen-bond donors (Lipinski definition) is 1. The van der Waals surface area contributed by atoms with Crippen molar-refractivity contribution < 1.29 is 92.7 Å². The Morgan fingerprint density at radius 3 is 0.848 bits per heavy atom. The van der Waals surface area contributed by atoms with E-state index in [4.69, 9.17) is 0 Å². The minimum Gasteiger partial charge on any atom is -0.335 e. The van der Waals surface area contributed by atoms with Crippen molar-refractivity contribution in [1.82, 2.24) is 0 Å². The first-order valence-electron chi connectivity index (χ1n) is 20.8. The summed E-state index contributed by atoms with van der Waals surface area (Å²) in [5.41, 5.74) is -14.3. The first-order chi connectivity index (χ1) is 30.8. The zero-order chi connectivity index (χ0) is 49.9. The van der Waals surface area contributed by atoms with Crippen LogP contribution in [0.2, 0.25) is 0 Å². The molecule has 0 atom stereocenters. The van der Waals surface area contributed by atoms with Gasteiger partial charge < -0.3 is 4.90 Å². The van der Waals surface area contributed by atoms with Gasteiger partial charge in [0, 0.05) is 11.8 Å². The maximum absolute atomic E-state index is 15.4. The molecule has 0 spiro atoms. The molecule has 4 aromatic rings. The second-order valence-corrected chi connectivity index (χ2v) is 17.2. The molecule has 1 fully saturated rings. The lowest BCUT2D eigenvalue weighted by Crippen LogP contribution is -3.13. The lowest BCUT2D eigenvalue weighted by molar-refractivity contribution is -0.906. The van der Waals surface area contributed by atoms with Crippen LogP contribution in [0.4, 0.5) is 87.8 Å². The fraction of sp³-hybridized carbons (Fsp3) is 0.455. The van der Waals surface area contributed by atoms with Gasteiger partial charge in [0.25, 0.3) is 0 Å². The minimum absolute atomic E-state index is 0.838. The van der Waals surface area contributed by atoms with Crippen molar-refractivity contribution >= 4 is 28.0 Å². The van der Waals surface area contributed by atoms with E-state index in [1.807, 2.05) is 4.90 Å². The molecule has 1 aliphatic carbocycles. The van der Waals surface area contributed by atoms with Gasteiger partial charge in [-0.2, -0.15) is 0 Å². The van der Waals surface area contributed by atoms with Gasteiger partial charge in [-0.15, -0.1) is 21.9 Å². The molecule has 66 heavy (non-hydrogen) atoms. The average molecular weight is 976 g/mol. The quantitative estimate of drug-likeness (QED) is 0.0398. The molecule has 366 valence electrons. The Labute approximate surface area is 366 Å². The van der Waals surface area contributed by atoms with Gasteiger partial charge in [0.2, 0.25) is 0 Å². The van der Waals surface area contributed by atoms with Crippen molar-refractivity contribution in [3.63, 3.8) is 0 Å². The molecule has 0 aromatic heterocycles. The third-order valence-electron chi connectivity index (χ3n) is 11.7. The first kappa shape index (κ1) is 54.1. The summed E-state index contributed by atoms with van der Waals surface area (Å²) in [6.45, 7) is 13.6. The molecule has 1 saturated carbocycles. The molecule has 0 aliphatic heterocycles. The van der Waals surface area contributed by atoms with E-state index < -0.39 is 144 Å². The highest BCUT2D eigenvalue weighted by Crippen LogP contribution is 2.31. The summed E-state index contributed by atoms with van der Waals surface area (Å²) in [5, 5.41) is 0. The maximum atomic E-state index is 15.4. The van der Waals surface area contributed by atoms with Crippen LogP contribution < -0.4 is 26.8 Å². The van der Waals surface area contributed by atoms with E-state index in [0.717, 1.165) is 17.8 Å². The van der Waals surface area contributed by atoms with Crippen LogP contribution in [-0.4, -0.2) is 25.8 Å². The minimum atomic E-state index is -7.22. The highest BCUT2D eigenvalue weighted by molar-refractivity contribution is 7.20. The number of halogens is 20. The smallest absolute Gasteiger partial charge is 0.200 e. The second kappa shape index (κ2) is 22.1. The number of rotatable bonds is 15. The molecule has 5 rings (SSSR count). The molecule has 4 aromatic carbocycles. The van der Waals surface area contributed by atoms with Crippen molar-refractivity contribution in [1.29, 1.82) is 0 Å². The zero-order valence-corrected chi connectivity index (χ0v) is 35.6. The molecule has 0 bridgehead atoms. The molecule has 0 amide bonds. The summed E-state index contributed by atoms with van der Waals surface area (Å²) in [7, 11) is 0. The molecule has 1 nitrogen and oxygen atoms in total. The van der Waals surface area contributed by atoms with Crippen LogP contribution in [0.5, 0.6) is 0 Å². The Morgan fingerprint density at radius 2 is 0.591 bits per heavy atom. The van der Waals surface area contributed by atoms with Crippen LogP contribution in [0.1, 0.15) is 91.9 Å². The van der Waals surface area contributed by atoms with E-state index >= 15 is 35.1 Å². The number of quaternary nitrogens is 1. The molecule has 22 heteroatoms. The molecular weight excluding hydrogens is 933 g/mol. The molecule has 1 aliphatic rings. The summed E-state index contributed by atoms with van der Waals surface area (Å²) in [5.74, 6) is -68.6. The van der Waals surface area contributed by atoms with Gasteiger partial charge in [0.15, 0.2) is 69.8 Å². The van der Waals surface area contributed by atoms with Gasteiger partial charge in [-0.3, -0.25) is 0 Å². The van der Waals surface area contributed by atoms with Crippen LogP contribution in [0.25, 0.3) is 0 Å². The Hall–Kier alpha value is -4.50. The number of nitrogens with one attached hydrogen (secondary N) is 1. The third-order valence-corrected chi connectivity index (χ3v) is 11.7. The van der Waals surface area contributed by atoms with Crippen molar-refractivity contribution in [2.75, 3.05) is 19.6 Å². The SMILES string of the molecule is CC(C)C[NH+](CCCCCCC1CCCCC1)CC(C)C.Fc1c(F)c(F)c([B-](c2c(F)c(F)c(F)c(F)c2F)(c2c(F)c(F)c(F)c(F)c2F)c2c(F)c(F)c(F)c(F)c2F)c(F)c1F. The molecule has 1 N–H and O–H groups in total. The average Bonchev–Trinajstić information content (AvgIpc) is 3.27. The van der Waals surface area contributed by atoms with Crippen LogP contribution in [-0.2, 0) is 0 Å². The fourth-order valence-corrected chi connectivity index (χ4v) is 8.95. The molecule has 0 radical (unpaired) electrons. The maximum Gasteiger partial charge on any atom is 0.200 e. The van der Waals surface area contributed by atoms with E-state index in [1.54, 1.807) is 0 Å². The van der Waals surface area contributed by atoms with Crippen molar-refractivity contribution in [3.05, 3.63) is 116 Å². The lowest BCUT2D eigenvalue weighted by atomic mass is 9.12. The van der Waals surface area contributed by atoms with Gasteiger partial charge in [-0.1, -0.05) is 79.1 Å². The standard InChI is InChI=1S/C24BF20.C20H41N/c26-5-1(6(27)14(35)21(42)13(5)34)25(2-7(28)15(36)22(43)16(37)8(2)29,3-9(30)17(38)23(44)18(39)10(3)31)4-11(32)19(40)24(45)20(41)12(4)33;1-18(2)16-21(17-19(3)4)15-11-6-5-8-12-20-13-9-7-10-14-20/h;18-20H,5-17H2,1-4H3/q-1;/p+1. The van der Waals surface area contributed by atoms with Crippen molar-refractivity contribution in [2.24, 2.45) is 17.8 Å². The van der Waals surface area contributed by atoms with Gasteiger partial charge in [-0.05, 0) is 18.8 Å². The van der Waals surface area contributed by atoms with E-state index in [9.17, 15) is 52.7 Å². The van der Waals surface area contributed by atoms with Crippen LogP contribution in [0.3, 0.4) is 0 Å². The predicted molar refractivity (Wildman–Crippen MR) is 204 cm³/mol. The normalized spacial score (nSPS) is 13.7. The molecular formula is C44H42BF20N. The van der Waals surface area contributed by atoms with E-state index in [-0.39, 0.29) is 0 Å². The second-order valence-electron chi connectivity index (χ2n) is 17.2. The van der Waals surface area contributed by atoms with E-state index in [2.05, 4.69) is 27.7 Å². The largest absolute Gasteiger partial charge is 0.335 e. The lowest BCUT2D eigenvalue weighted by Gasteiger charge is -2.44. The number of benzene rings is 4. The zero-order valence-electron chi connectivity index (χ0n) is 35.6. The van der Waals surface area contributed by atoms with Crippen LogP contribution >= 0.6 is 0 Å². The summed E-state index contributed by atoms with van der Waals surface area (Å²) in [4.78, 5) is 1.84. The van der Waals surface area contributed by atoms with Gasteiger partial charge in [0.05, 0.1) is 19.6 Å². The van der Waals surface area contributed by atoms with Crippen LogP contribution in [0.15, 0.2) is 0 Å². The highest BCUT2D eigenvalue weighted by Gasteiger charge is 2.52.